The highest BCUT2D eigenvalue weighted by molar-refractivity contribution is 5.96. The molecule has 0 aliphatic carbocycles. The number of hydrogen-bond acceptors (Lipinski definition) is 4. The van der Waals surface area contributed by atoms with E-state index in [4.69, 9.17) is 9.47 Å². The fourth-order valence-electron chi connectivity index (χ4n) is 3.30. The van der Waals surface area contributed by atoms with Gasteiger partial charge in [-0.15, -0.1) is 0 Å². The van der Waals surface area contributed by atoms with Crippen molar-refractivity contribution in [1.82, 2.24) is 0 Å². The van der Waals surface area contributed by atoms with Crippen molar-refractivity contribution in [1.29, 1.82) is 0 Å². The van der Waals surface area contributed by atoms with E-state index in [2.05, 4.69) is 10.2 Å². The molecular formula is C20H23FN2O3. The average molecular weight is 358 g/mol. The minimum Gasteiger partial charge on any atom is -0.380 e. The Bertz CT molecular complexity index is 789. The molecule has 0 radical (unpaired) electrons. The van der Waals surface area contributed by atoms with Crippen molar-refractivity contribution in [2.75, 3.05) is 43.6 Å². The number of morpholine rings is 1. The Labute approximate surface area is 152 Å². The van der Waals surface area contributed by atoms with E-state index in [1.54, 1.807) is 13.2 Å². The lowest BCUT2D eigenvalue weighted by atomic mass is 9.95. The normalized spacial score (nSPS) is 14.3. The Balaban J connectivity index is 2.18. The standard InChI is InChI=1S/C20H23FN2O3/c1-14(24)22-18-6-7-19(23-8-10-26-11-9-23)17(13-25-2)20(18)15-4-3-5-16(21)12-15/h3-7,12H,8-11,13H2,1-2H3,(H,22,24). The van der Waals surface area contributed by atoms with Crippen LogP contribution in [-0.2, 0) is 20.9 Å². The van der Waals surface area contributed by atoms with Gasteiger partial charge in [0.15, 0.2) is 0 Å². The number of nitrogens with one attached hydrogen (secondary N) is 1. The van der Waals surface area contributed by atoms with Gasteiger partial charge in [0.25, 0.3) is 0 Å². The lowest BCUT2D eigenvalue weighted by Crippen LogP contribution is -2.37. The van der Waals surface area contributed by atoms with Gasteiger partial charge in [0.2, 0.25) is 5.91 Å². The zero-order valence-electron chi connectivity index (χ0n) is 15.0. The predicted molar refractivity (Wildman–Crippen MR) is 99.9 cm³/mol. The Morgan fingerprint density at radius 3 is 2.69 bits per heavy atom. The summed E-state index contributed by atoms with van der Waals surface area (Å²) in [5.41, 5.74) is 4.07. The largest absolute Gasteiger partial charge is 0.380 e. The Hall–Kier alpha value is -2.44. The van der Waals surface area contributed by atoms with Gasteiger partial charge in [-0.05, 0) is 29.8 Å². The molecule has 2 aromatic rings. The first-order valence-electron chi connectivity index (χ1n) is 8.61. The van der Waals surface area contributed by atoms with Crippen molar-refractivity contribution in [3.63, 3.8) is 0 Å². The van der Waals surface area contributed by atoms with E-state index >= 15 is 0 Å². The maximum Gasteiger partial charge on any atom is 0.221 e. The second-order valence-electron chi connectivity index (χ2n) is 6.21. The van der Waals surface area contributed by atoms with Crippen molar-refractivity contribution in [2.24, 2.45) is 0 Å². The Kier molecular flexibility index (Phi) is 5.85. The molecule has 2 aromatic carbocycles. The summed E-state index contributed by atoms with van der Waals surface area (Å²) >= 11 is 0. The van der Waals surface area contributed by atoms with Crippen LogP contribution in [0.3, 0.4) is 0 Å². The molecule has 0 saturated carbocycles. The molecular weight excluding hydrogens is 335 g/mol. The minimum absolute atomic E-state index is 0.176. The van der Waals surface area contributed by atoms with Gasteiger partial charge in [-0.1, -0.05) is 12.1 Å². The summed E-state index contributed by atoms with van der Waals surface area (Å²) in [4.78, 5) is 13.9. The van der Waals surface area contributed by atoms with E-state index in [1.165, 1.54) is 19.1 Å². The molecule has 1 amide bonds. The predicted octanol–water partition coefficient (Wildman–Crippen LogP) is 3.43. The van der Waals surface area contributed by atoms with Crippen LogP contribution >= 0.6 is 0 Å². The summed E-state index contributed by atoms with van der Waals surface area (Å²) in [5.74, 6) is -0.499. The average Bonchev–Trinajstić information content (AvgIpc) is 2.62. The molecule has 3 rings (SSSR count). The smallest absolute Gasteiger partial charge is 0.221 e. The molecule has 0 aromatic heterocycles. The van der Waals surface area contributed by atoms with Crippen LogP contribution in [0.15, 0.2) is 36.4 Å². The van der Waals surface area contributed by atoms with Gasteiger partial charge < -0.3 is 19.7 Å². The van der Waals surface area contributed by atoms with E-state index in [9.17, 15) is 9.18 Å². The Morgan fingerprint density at radius 1 is 1.27 bits per heavy atom. The van der Waals surface area contributed by atoms with Crippen LogP contribution in [0.25, 0.3) is 11.1 Å². The number of methoxy groups -OCH3 is 1. The molecule has 1 aliphatic heterocycles. The highest BCUT2D eigenvalue weighted by Crippen LogP contribution is 2.38. The van der Waals surface area contributed by atoms with Crippen LogP contribution in [0.1, 0.15) is 12.5 Å². The van der Waals surface area contributed by atoms with Gasteiger partial charge in [0.05, 0.1) is 19.8 Å². The summed E-state index contributed by atoms with van der Waals surface area (Å²) in [6.07, 6.45) is 0. The quantitative estimate of drug-likeness (QED) is 0.890. The number of carbonyl (C=O) groups is 1. The van der Waals surface area contributed by atoms with Crippen LogP contribution in [0, 0.1) is 5.82 Å². The number of halogens is 1. The third-order valence-electron chi connectivity index (χ3n) is 4.35. The lowest BCUT2D eigenvalue weighted by molar-refractivity contribution is -0.114. The molecule has 0 unspecified atom stereocenters. The third kappa shape index (κ3) is 4.03. The second-order valence-corrected chi connectivity index (χ2v) is 6.21. The molecule has 1 N–H and O–H groups in total. The van der Waals surface area contributed by atoms with E-state index in [1.807, 2.05) is 18.2 Å². The monoisotopic (exact) mass is 358 g/mol. The number of nitrogens with zero attached hydrogens (tertiary/aromatic N) is 1. The van der Waals surface area contributed by atoms with E-state index < -0.39 is 0 Å². The first-order valence-corrected chi connectivity index (χ1v) is 8.61. The molecule has 1 saturated heterocycles. The van der Waals surface area contributed by atoms with Crippen LogP contribution in [0.5, 0.6) is 0 Å². The van der Waals surface area contributed by atoms with Gasteiger partial charge in [-0.25, -0.2) is 4.39 Å². The highest BCUT2D eigenvalue weighted by atomic mass is 19.1. The first-order chi connectivity index (χ1) is 12.6. The molecule has 138 valence electrons. The van der Waals surface area contributed by atoms with Gasteiger partial charge in [-0.3, -0.25) is 4.79 Å². The zero-order chi connectivity index (χ0) is 18.5. The van der Waals surface area contributed by atoms with Crippen LogP contribution in [0.2, 0.25) is 0 Å². The lowest BCUT2D eigenvalue weighted by Gasteiger charge is -2.32. The highest BCUT2D eigenvalue weighted by Gasteiger charge is 2.21. The topological polar surface area (TPSA) is 50.8 Å². The molecule has 5 nitrogen and oxygen atoms in total. The summed E-state index contributed by atoms with van der Waals surface area (Å²) in [5, 5.41) is 2.86. The van der Waals surface area contributed by atoms with Crippen molar-refractivity contribution < 1.29 is 18.7 Å². The van der Waals surface area contributed by atoms with Crippen LogP contribution in [0.4, 0.5) is 15.8 Å². The fraction of sp³-hybridized carbons (Fsp3) is 0.350. The maximum atomic E-state index is 13.9. The third-order valence-corrected chi connectivity index (χ3v) is 4.35. The van der Waals surface area contributed by atoms with Crippen LogP contribution in [-0.4, -0.2) is 39.3 Å². The maximum absolute atomic E-state index is 13.9. The van der Waals surface area contributed by atoms with E-state index in [0.29, 0.717) is 31.1 Å². The SMILES string of the molecule is COCc1c(N2CCOCC2)ccc(NC(C)=O)c1-c1cccc(F)c1. The number of rotatable bonds is 5. The van der Waals surface area contributed by atoms with Gasteiger partial charge in [-0.2, -0.15) is 0 Å². The Morgan fingerprint density at radius 2 is 2.04 bits per heavy atom. The van der Waals surface area contributed by atoms with Crippen molar-refractivity contribution >= 4 is 17.3 Å². The van der Waals surface area contributed by atoms with Crippen molar-refractivity contribution in [2.45, 2.75) is 13.5 Å². The number of ether oxygens (including phenoxy) is 2. The minimum atomic E-state index is -0.323. The fourth-order valence-corrected chi connectivity index (χ4v) is 3.30. The molecule has 0 atom stereocenters. The van der Waals surface area contributed by atoms with Crippen molar-refractivity contribution in [3.8, 4) is 11.1 Å². The molecule has 1 aliphatic rings. The van der Waals surface area contributed by atoms with Crippen LogP contribution < -0.4 is 10.2 Å². The molecule has 26 heavy (non-hydrogen) atoms. The van der Waals surface area contributed by atoms with Gasteiger partial charge in [0, 0.05) is 49.6 Å². The summed E-state index contributed by atoms with van der Waals surface area (Å²) in [7, 11) is 1.63. The molecule has 6 heteroatoms. The molecule has 1 fully saturated rings. The van der Waals surface area contributed by atoms with Gasteiger partial charge >= 0.3 is 0 Å². The van der Waals surface area contributed by atoms with E-state index in [0.717, 1.165) is 29.9 Å². The van der Waals surface area contributed by atoms with Crippen molar-refractivity contribution in [3.05, 3.63) is 47.8 Å². The molecule has 0 spiro atoms. The molecule has 0 bridgehead atoms. The number of amides is 1. The number of anilines is 2. The first kappa shape index (κ1) is 18.4. The second kappa shape index (κ2) is 8.29. The zero-order valence-corrected chi connectivity index (χ0v) is 15.0. The summed E-state index contributed by atoms with van der Waals surface area (Å²) < 4.78 is 24.8. The summed E-state index contributed by atoms with van der Waals surface area (Å²) in [6, 6.07) is 10.2. The molecule has 1 heterocycles. The van der Waals surface area contributed by atoms with E-state index in [-0.39, 0.29) is 11.7 Å². The summed E-state index contributed by atoms with van der Waals surface area (Å²) in [6.45, 7) is 4.69. The van der Waals surface area contributed by atoms with Gasteiger partial charge in [0.1, 0.15) is 5.82 Å². The number of benzene rings is 2. The number of carbonyl (C=O) groups excluding carboxylic acids is 1. The number of hydrogen-bond donors (Lipinski definition) is 1.